The number of hydrogen-bond donors (Lipinski definition) is 1. The van der Waals surface area contributed by atoms with Crippen molar-refractivity contribution in [2.45, 2.75) is 12.6 Å². The third-order valence-corrected chi connectivity index (χ3v) is 3.01. The topological polar surface area (TPSA) is 72.1 Å². The summed E-state index contributed by atoms with van der Waals surface area (Å²) < 4.78 is 0. The molecule has 1 atom stereocenters. The van der Waals surface area contributed by atoms with Gasteiger partial charge in [-0.2, -0.15) is 0 Å². The van der Waals surface area contributed by atoms with E-state index in [-0.39, 0.29) is 5.91 Å². The normalized spacial score (nSPS) is 17.9. The summed E-state index contributed by atoms with van der Waals surface area (Å²) in [6, 6.07) is 8.71. The number of carbonyl (C=O) groups excluding carboxylic acids is 1. The predicted octanol–water partition coefficient (Wildman–Crippen LogP) is 1.02. The zero-order valence-corrected chi connectivity index (χ0v) is 9.65. The van der Waals surface area contributed by atoms with Crippen LogP contribution in [0.25, 0.3) is 0 Å². The lowest BCUT2D eigenvalue weighted by Gasteiger charge is -2.16. The van der Waals surface area contributed by atoms with Gasteiger partial charge in [-0.05, 0) is 12.1 Å². The molecule has 0 spiro atoms. The number of para-hydroxylation sites is 1. The van der Waals surface area contributed by atoms with Gasteiger partial charge >= 0.3 is 0 Å². The number of nitrogens with two attached hydrogens (primary N) is 1. The highest BCUT2D eigenvalue weighted by Crippen LogP contribution is 2.34. The molecule has 2 N–H and O–H groups in total. The SMILES string of the molecule is NC1C(=O)N(Cc2ncccn2)c2ccccc21. The summed E-state index contributed by atoms with van der Waals surface area (Å²) in [7, 11) is 0. The van der Waals surface area contributed by atoms with Crippen molar-refractivity contribution in [1.82, 2.24) is 9.97 Å². The van der Waals surface area contributed by atoms with E-state index in [1.165, 1.54) is 0 Å². The van der Waals surface area contributed by atoms with Gasteiger partial charge in [-0.25, -0.2) is 9.97 Å². The molecule has 0 aliphatic carbocycles. The third kappa shape index (κ3) is 1.65. The maximum atomic E-state index is 12.1. The molecule has 5 heteroatoms. The lowest BCUT2D eigenvalue weighted by molar-refractivity contribution is -0.119. The van der Waals surface area contributed by atoms with Crippen LogP contribution in [-0.4, -0.2) is 15.9 Å². The Morgan fingerprint density at radius 3 is 2.67 bits per heavy atom. The lowest BCUT2D eigenvalue weighted by Crippen LogP contribution is -2.31. The second kappa shape index (κ2) is 4.19. The quantitative estimate of drug-likeness (QED) is 0.850. The third-order valence-electron chi connectivity index (χ3n) is 3.01. The van der Waals surface area contributed by atoms with E-state index in [0.29, 0.717) is 12.4 Å². The smallest absolute Gasteiger partial charge is 0.249 e. The Morgan fingerprint density at radius 1 is 1.17 bits per heavy atom. The highest BCUT2D eigenvalue weighted by Gasteiger charge is 2.34. The molecule has 0 bridgehead atoms. The zero-order chi connectivity index (χ0) is 12.5. The molecular formula is C13H12N4O. The van der Waals surface area contributed by atoms with Gasteiger partial charge in [0, 0.05) is 23.6 Å². The minimum Gasteiger partial charge on any atom is -0.316 e. The summed E-state index contributed by atoms with van der Waals surface area (Å²) in [6.45, 7) is 0.352. The minimum atomic E-state index is -0.579. The molecule has 0 saturated heterocycles. The van der Waals surface area contributed by atoms with Gasteiger partial charge in [0.25, 0.3) is 0 Å². The molecular weight excluding hydrogens is 228 g/mol. The largest absolute Gasteiger partial charge is 0.316 e. The fraction of sp³-hybridized carbons (Fsp3) is 0.154. The molecule has 1 aromatic heterocycles. The summed E-state index contributed by atoms with van der Waals surface area (Å²) in [6.07, 6.45) is 3.32. The van der Waals surface area contributed by atoms with E-state index in [4.69, 9.17) is 5.73 Å². The number of rotatable bonds is 2. The molecule has 0 saturated carbocycles. The molecule has 90 valence electrons. The Kier molecular flexibility index (Phi) is 2.53. The van der Waals surface area contributed by atoms with Gasteiger partial charge in [0.1, 0.15) is 11.9 Å². The standard InChI is InChI=1S/C13H12N4O/c14-12-9-4-1-2-5-10(9)17(13(12)18)8-11-15-6-3-7-16-11/h1-7,12H,8,14H2. The van der Waals surface area contributed by atoms with E-state index in [9.17, 15) is 4.79 Å². The number of nitrogens with zero attached hydrogens (tertiary/aromatic N) is 3. The maximum absolute atomic E-state index is 12.1. The molecule has 18 heavy (non-hydrogen) atoms. The summed E-state index contributed by atoms with van der Waals surface area (Å²) in [4.78, 5) is 22.0. The molecule has 0 fully saturated rings. The molecule has 1 aliphatic heterocycles. The van der Waals surface area contributed by atoms with E-state index in [2.05, 4.69) is 9.97 Å². The van der Waals surface area contributed by atoms with Crippen LogP contribution in [0, 0.1) is 0 Å². The van der Waals surface area contributed by atoms with Gasteiger partial charge in [-0.3, -0.25) is 4.79 Å². The predicted molar refractivity (Wildman–Crippen MR) is 66.6 cm³/mol. The van der Waals surface area contributed by atoms with Crippen LogP contribution in [0.4, 0.5) is 5.69 Å². The van der Waals surface area contributed by atoms with Crippen molar-refractivity contribution in [2.24, 2.45) is 5.73 Å². The molecule has 1 aliphatic rings. The zero-order valence-electron chi connectivity index (χ0n) is 9.65. The van der Waals surface area contributed by atoms with Gasteiger partial charge in [0.2, 0.25) is 5.91 Å². The molecule has 1 unspecified atom stereocenters. The minimum absolute atomic E-state index is 0.108. The Labute approximate surface area is 104 Å². The van der Waals surface area contributed by atoms with Crippen molar-refractivity contribution in [3.8, 4) is 0 Å². The van der Waals surface area contributed by atoms with Gasteiger partial charge in [0.15, 0.2) is 0 Å². The van der Waals surface area contributed by atoms with Crippen molar-refractivity contribution in [2.75, 3.05) is 4.90 Å². The number of fused-ring (bicyclic) bond motifs is 1. The van der Waals surface area contributed by atoms with Crippen LogP contribution in [0.15, 0.2) is 42.7 Å². The van der Waals surface area contributed by atoms with Gasteiger partial charge in [0.05, 0.1) is 6.54 Å². The summed E-state index contributed by atoms with van der Waals surface area (Å²) >= 11 is 0. The number of aromatic nitrogens is 2. The number of benzene rings is 1. The molecule has 3 rings (SSSR count). The van der Waals surface area contributed by atoms with Crippen molar-refractivity contribution >= 4 is 11.6 Å². The first-order valence-electron chi connectivity index (χ1n) is 5.69. The van der Waals surface area contributed by atoms with E-state index < -0.39 is 6.04 Å². The van der Waals surface area contributed by atoms with Crippen molar-refractivity contribution in [3.63, 3.8) is 0 Å². The first-order valence-corrected chi connectivity index (χ1v) is 5.69. The van der Waals surface area contributed by atoms with E-state index in [1.807, 2.05) is 24.3 Å². The van der Waals surface area contributed by atoms with Crippen molar-refractivity contribution < 1.29 is 4.79 Å². The molecule has 2 heterocycles. The van der Waals surface area contributed by atoms with Crippen molar-refractivity contribution in [1.29, 1.82) is 0 Å². The van der Waals surface area contributed by atoms with E-state index in [0.717, 1.165) is 11.3 Å². The van der Waals surface area contributed by atoms with Crippen LogP contribution in [0.2, 0.25) is 0 Å². The average molecular weight is 240 g/mol. The molecule has 1 aromatic carbocycles. The second-order valence-corrected chi connectivity index (χ2v) is 4.13. The Balaban J connectivity index is 1.96. The van der Waals surface area contributed by atoms with Crippen LogP contribution in [0.3, 0.4) is 0 Å². The first kappa shape index (κ1) is 10.9. The van der Waals surface area contributed by atoms with E-state index in [1.54, 1.807) is 23.4 Å². The fourth-order valence-corrected chi connectivity index (χ4v) is 2.13. The maximum Gasteiger partial charge on any atom is 0.249 e. The summed E-state index contributed by atoms with van der Waals surface area (Å²) in [5, 5.41) is 0. The molecule has 2 aromatic rings. The Hall–Kier alpha value is -2.27. The highest BCUT2D eigenvalue weighted by atomic mass is 16.2. The van der Waals surface area contributed by atoms with Gasteiger partial charge in [-0.1, -0.05) is 18.2 Å². The van der Waals surface area contributed by atoms with Gasteiger partial charge in [-0.15, -0.1) is 0 Å². The monoisotopic (exact) mass is 240 g/mol. The van der Waals surface area contributed by atoms with Gasteiger partial charge < -0.3 is 10.6 Å². The van der Waals surface area contributed by atoms with E-state index >= 15 is 0 Å². The number of hydrogen-bond acceptors (Lipinski definition) is 4. The highest BCUT2D eigenvalue weighted by molar-refractivity contribution is 6.04. The number of carbonyl (C=O) groups is 1. The Morgan fingerprint density at radius 2 is 1.89 bits per heavy atom. The average Bonchev–Trinajstić information content (AvgIpc) is 2.66. The number of amides is 1. The van der Waals surface area contributed by atoms with Crippen LogP contribution >= 0.6 is 0 Å². The Bertz CT molecular complexity index is 585. The summed E-state index contributed by atoms with van der Waals surface area (Å²) in [5.74, 6) is 0.499. The fourth-order valence-electron chi connectivity index (χ4n) is 2.13. The lowest BCUT2D eigenvalue weighted by atomic mass is 10.1. The molecule has 5 nitrogen and oxygen atoms in total. The second-order valence-electron chi connectivity index (χ2n) is 4.13. The van der Waals surface area contributed by atoms with Crippen LogP contribution in [0.1, 0.15) is 17.4 Å². The molecule has 0 radical (unpaired) electrons. The molecule has 1 amide bonds. The summed E-state index contributed by atoms with van der Waals surface area (Å²) in [5.41, 5.74) is 7.61. The van der Waals surface area contributed by atoms with Crippen LogP contribution < -0.4 is 10.6 Å². The first-order chi connectivity index (χ1) is 8.77. The van der Waals surface area contributed by atoms with Crippen molar-refractivity contribution in [3.05, 3.63) is 54.1 Å². The van der Waals surface area contributed by atoms with Crippen LogP contribution in [0.5, 0.6) is 0 Å². The number of anilines is 1. The van der Waals surface area contributed by atoms with Crippen LogP contribution in [-0.2, 0) is 11.3 Å².